The fraction of sp³-hybridized carbons (Fsp3) is 0.182. The molecule has 0 saturated carbocycles. The van der Waals surface area contributed by atoms with Gasteiger partial charge in [-0.3, -0.25) is 14.4 Å². The van der Waals surface area contributed by atoms with E-state index in [2.05, 4.69) is 5.32 Å². The van der Waals surface area contributed by atoms with Crippen molar-refractivity contribution in [3.63, 3.8) is 0 Å². The lowest BCUT2D eigenvalue weighted by atomic mass is 10.1. The standard InChI is InChI=1S/C11H8I3NO4/c1-19-4-7(18)15-11-9(13)5(2-16)8(12)6(3-17)10(11)14/h2-3H,4H2,1H3,(H,15,18). The van der Waals surface area contributed by atoms with E-state index in [-0.39, 0.29) is 12.5 Å². The van der Waals surface area contributed by atoms with E-state index >= 15 is 0 Å². The van der Waals surface area contributed by atoms with Gasteiger partial charge in [-0.1, -0.05) is 0 Å². The van der Waals surface area contributed by atoms with E-state index < -0.39 is 0 Å². The predicted molar refractivity (Wildman–Crippen MR) is 95.9 cm³/mol. The second-order valence-electron chi connectivity index (χ2n) is 3.36. The van der Waals surface area contributed by atoms with Gasteiger partial charge in [0.15, 0.2) is 12.6 Å². The Labute approximate surface area is 150 Å². The van der Waals surface area contributed by atoms with Gasteiger partial charge in [0.25, 0.3) is 0 Å². The lowest BCUT2D eigenvalue weighted by Gasteiger charge is -2.15. The lowest BCUT2D eigenvalue weighted by molar-refractivity contribution is -0.119. The number of ether oxygens (including phenoxy) is 1. The van der Waals surface area contributed by atoms with Crippen LogP contribution in [0, 0.1) is 10.7 Å². The Morgan fingerprint density at radius 2 is 1.58 bits per heavy atom. The first kappa shape index (κ1) is 17.2. The van der Waals surface area contributed by atoms with Crippen LogP contribution in [0.5, 0.6) is 0 Å². The summed E-state index contributed by atoms with van der Waals surface area (Å²) >= 11 is 5.90. The number of benzene rings is 1. The molecule has 1 aromatic rings. The van der Waals surface area contributed by atoms with Crippen LogP contribution in [0.25, 0.3) is 0 Å². The van der Waals surface area contributed by atoms with Gasteiger partial charge in [-0.05, 0) is 67.8 Å². The highest BCUT2D eigenvalue weighted by Gasteiger charge is 2.20. The maximum atomic E-state index is 11.6. The summed E-state index contributed by atoms with van der Waals surface area (Å²) in [5.41, 5.74) is 1.26. The Morgan fingerprint density at radius 1 is 1.11 bits per heavy atom. The second-order valence-corrected chi connectivity index (χ2v) is 6.60. The fourth-order valence-corrected chi connectivity index (χ4v) is 5.27. The molecule has 102 valence electrons. The molecule has 1 N–H and O–H groups in total. The molecule has 0 aliphatic carbocycles. The molecule has 1 aromatic carbocycles. The summed E-state index contributed by atoms with van der Waals surface area (Å²) in [6.45, 7) is -0.0923. The summed E-state index contributed by atoms with van der Waals surface area (Å²) in [7, 11) is 1.41. The Bertz CT molecular complexity index is 510. The molecule has 19 heavy (non-hydrogen) atoms. The summed E-state index contributed by atoms with van der Waals surface area (Å²) < 4.78 is 6.53. The average Bonchev–Trinajstić information content (AvgIpc) is 2.36. The quantitative estimate of drug-likeness (QED) is 0.418. The van der Waals surface area contributed by atoms with E-state index in [1.807, 2.05) is 67.8 Å². The number of hydrogen-bond acceptors (Lipinski definition) is 4. The summed E-state index contributed by atoms with van der Waals surface area (Å²) in [4.78, 5) is 33.8. The first-order chi connectivity index (χ1) is 8.97. The first-order valence-electron chi connectivity index (χ1n) is 4.87. The lowest BCUT2D eigenvalue weighted by Crippen LogP contribution is -2.20. The molecule has 1 amide bonds. The number of rotatable bonds is 5. The van der Waals surface area contributed by atoms with Gasteiger partial charge in [0, 0.05) is 28.9 Å². The first-order valence-corrected chi connectivity index (χ1v) is 8.11. The second kappa shape index (κ2) is 7.83. The molecule has 0 fully saturated rings. The van der Waals surface area contributed by atoms with Crippen LogP contribution in [0.1, 0.15) is 20.7 Å². The normalized spacial score (nSPS) is 10.1. The Kier molecular flexibility index (Phi) is 7.10. The summed E-state index contributed by atoms with van der Waals surface area (Å²) in [6.07, 6.45) is 1.36. The summed E-state index contributed by atoms with van der Waals surface area (Å²) in [5, 5.41) is 2.66. The minimum atomic E-state index is -0.340. The number of nitrogens with one attached hydrogen (secondary N) is 1. The molecular formula is C11H8I3NO4. The zero-order chi connectivity index (χ0) is 14.6. The Hall–Kier alpha value is 0.180. The molecule has 0 radical (unpaired) electrons. The number of carbonyl (C=O) groups excluding carboxylic acids is 3. The molecule has 8 heteroatoms. The Morgan fingerprint density at radius 3 is 1.95 bits per heavy atom. The van der Waals surface area contributed by atoms with Crippen LogP contribution < -0.4 is 5.32 Å². The number of hydrogen-bond donors (Lipinski definition) is 1. The molecule has 0 aromatic heterocycles. The zero-order valence-electron chi connectivity index (χ0n) is 9.63. The molecule has 0 aliphatic rings. The number of aldehydes is 2. The van der Waals surface area contributed by atoms with E-state index in [0.29, 0.717) is 40.1 Å². The molecule has 0 saturated heterocycles. The number of halogens is 3. The Balaban J connectivity index is 3.42. The van der Waals surface area contributed by atoms with E-state index in [1.54, 1.807) is 0 Å². The van der Waals surface area contributed by atoms with Gasteiger partial charge in [0.2, 0.25) is 5.91 Å². The minimum absolute atomic E-state index is 0.0923. The average molecular weight is 599 g/mol. The van der Waals surface area contributed by atoms with Crippen LogP contribution in [0.4, 0.5) is 5.69 Å². The van der Waals surface area contributed by atoms with Gasteiger partial charge in [-0.15, -0.1) is 0 Å². The smallest absolute Gasteiger partial charge is 0.250 e. The minimum Gasteiger partial charge on any atom is -0.375 e. The molecule has 0 bridgehead atoms. The van der Waals surface area contributed by atoms with E-state index in [0.717, 1.165) is 0 Å². The third-order valence-electron chi connectivity index (χ3n) is 2.16. The van der Waals surface area contributed by atoms with Gasteiger partial charge < -0.3 is 10.1 Å². The van der Waals surface area contributed by atoms with Crippen LogP contribution in [0.2, 0.25) is 0 Å². The van der Waals surface area contributed by atoms with Gasteiger partial charge in [-0.25, -0.2) is 0 Å². The molecule has 0 aliphatic heterocycles. The molecule has 0 spiro atoms. The van der Waals surface area contributed by atoms with Crippen molar-refractivity contribution in [1.82, 2.24) is 0 Å². The van der Waals surface area contributed by atoms with Crippen molar-refractivity contribution >= 4 is 91.9 Å². The van der Waals surface area contributed by atoms with E-state index in [9.17, 15) is 14.4 Å². The molecule has 0 heterocycles. The maximum absolute atomic E-state index is 11.6. The number of anilines is 1. The van der Waals surface area contributed by atoms with Crippen molar-refractivity contribution in [2.24, 2.45) is 0 Å². The topological polar surface area (TPSA) is 72.5 Å². The highest BCUT2D eigenvalue weighted by Crippen LogP contribution is 2.33. The SMILES string of the molecule is COCC(=O)Nc1c(I)c(C=O)c(I)c(C=O)c1I. The summed E-state index contributed by atoms with van der Waals surface area (Å²) in [6, 6.07) is 0. The molecule has 5 nitrogen and oxygen atoms in total. The van der Waals surface area contributed by atoms with Crippen LogP contribution in [0.15, 0.2) is 0 Å². The van der Waals surface area contributed by atoms with Crippen molar-refractivity contribution in [3.05, 3.63) is 21.8 Å². The number of carbonyl (C=O) groups is 3. The number of methoxy groups -OCH3 is 1. The monoisotopic (exact) mass is 599 g/mol. The molecule has 0 atom stereocenters. The van der Waals surface area contributed by atoms with E-state index in [1.165, 1.54) is 7.11 Å². The van der Waals surface area contributed by atoms with Crippen molar-refractivity contribution in [3.8, 4) is 0 Å². The van der Waals surface area contributed by atoms with Crippen molar-refractivity contribution in [2.75, 3.05) is 19.0 Å². The highest BCUT2D eigenvalue weighted by atomic mass is 127. The molecule has 0 unspecified atom stereocenters. The summed E-state index contributed by atoms with van der Waals surface area (Å²) in [5.74, 6) is -0.340. The van der Waals surface area contributed by atoms with Crippen LogP contribution >= 0.6 is 67.8 Å². The number of amides is 1. The fourth-order valence-electron chi connectivity index (χ4n) is 1.33. The van der Waals surface area contributed by atoms with Gasteiger partial charge in [-0.2, -0.15) is 0 Å². The third kappa shape index (κ3) is 3.85. The van der Waals surface area contributed by atoms with Crippen LogP contribution in [-0.4, -0.2) is 32.2 Å². The van der Waals surface area contributed by atoms with Crippen molar-refractivity contribution in [1.29, 1.82) is 0 Å². The van der Waals surface area contributed by atoms with Gasteiger partial charge >= 0.3 is 0 Å². The van der Waals surface area contributed by atoms with Crippen LogP contribution in [-0.2, 0) is 9.53 Å². The zero-order valence-corrected chi connectivity index (χ0v) is 16.1. The highest BCUT2D eigenvalue weighted by molar-refractivity contribution is 14.1. The largest absolute Gasteiger partial charge is 0.375 e. The van der Waals surface area contributed by atoms with Crippen LogP contribution in [0.3, 0.4) is 0 Å². The van der Waals surface area contributed by atoms with E-state index in [4.69, 9.17) is 4.74 Å². The molecule has 1 rings (SSSR count). The van der Waals surface area contributed by atoms with Crippen molar-refractivity contribution in [2.45, 2.75) is 0 Å². The van der Waals surface area contributed by atoms with Gasteiger partial charge in [0.1, 0.15) is 6.61 Å². The third-order valence-corrected chi connectivity index (χ3v) is 5.56. The van der Waals surface area contributed by atoms with Gasteiger partial charge in [0.05, 0.1) is 5.69 Å². The maximum Gasteiger partial charge on any atom is 0.250 e. The molecular weight excluding hydrogens is 591 g/mol. The predicted octanol–water partition coefficient (Wildman–Crippen LogP) is 2.71. The van der Waals surface area contributed by atoms with Crippen molar-refractivity contribution < 1.29 is 19.1 Å².